The summed E-state index contributed by atoms with van der Waals surface area (Å²) in [6, 6.07) is 11.9. The smallest absolute Gasteiger partial charge is 0.131 e. The van der Waals surface area contributed by atoms with E-state index in [9.17, 15) is 4.39 Å². The molecule has 0 bridgehead atoms. The third kappa shape index (κ3) is 2.08. The van der Waals surface area contributed by atoms with E-state index in [1.165, 1.54) is 6.07 Å². The molecule has 0 unspecified atom stereocenters. The van der Waals surface area contributed by atoms with Crippen molar-refractivity contribution in [3.05, 3.63) is 58.9 Å². The molecule has 0 radical (unpaired) electrons. The lowest BCUT2D eigenvalue weighted by Crippen LogP contribution is -1.99. The van der Waals surface area contributed by atoms with Crippen molar-refractivity contribution >= 4 is 11.6 Å². The molecule has 2 aromatic carbocycles. The molecule has 0 heterocycles. The van der Waals surface area contributed by atoms with Gasteiger partial charge in [-0.1, -0.05) is 35.9 Å². The molecule has 0 aliphatic carbocycles. The summed E-state index contributed by atoms with van der Waals surface area (Å²) in [6.07, 6.45) is 0. The Morgan fingerprint density at radius 2 is 1.81 bits per heavy atom. The first-order valence-electron chi connectivity index (χ1n) is 4.96. The molecule has 0 aromatic heterocycles. The first kappa shape index (κ1) is 11.1. The predicted molar refractivity (Wildman–Crippen MR) is 64.7 cm³/mol. The zero-order chi connectivity index (χ0) is 11.5. The molecule has 3 heteroatoms. The molecule has 0 saturated heterocycles. The number of hydrogen-bond acceptors (Lipinski definition) is 1. The molecule has 0 fully saturated rings. The van der Waals surface area contributed by atoms with Crippen molar-refractivity contribution in [3.63, 3.8) is 0 Å². The fourth-order valence-electron chi connectivity index (χ4n) is 1.66. The van der Waals surface area contributed by atoms with Crippen LogP contribution in [0.2, 0.25) is 5.02 Å². The van der Waals surface area contributed by atoms with E-state index in [4.69, 9.17) is 17.3 Å². The minimum Gasteiger partial charge on any atom is -0.326 e. The Labute approximate surface area is 98.7 Å². The second kappa shape index (κ2) is 4.64. The van der Waals surface area contributed by atoms with Gasteiger partial charge in [-0.05, 0) is 29.3 Å². The fourth-order valence-corrected chi connectivity index (χ4v) is 1.83. The van der Waals surface area contributed by atoms with Crippen molar-refractivity contribution in [2.24, 2.45) is 5.73 Å². The number of hydrogen-bond donors (Lipinski definition) is 1. The molecule has 0 aliphatic rings. The third-order valence-corrected chi connectivity index (χ3v) is 2.69. The summed E-state index contributed by atoms with van der Waals surface area (Å²) >= 11 is 5.91. The van der Waals surface area contributed by atoms with Crippen molar-refractivity contribution in [2.75, 3.05) is 0 Å². The molecular weight excluding hydrogens is 225 g/mol. The Hall–Kier alpha value is -1.38. The Balaban J connectivity index is 2.63. The minimum absolute atomic E-state index is 0.264. The van der Waals surface area contributed by atoms with Gasteiger partial charge in [-0.3, -0.25) is 0 Å². The molecule has 0 amide bonds. The summed E-state index contributed by atoms with van der Waals surface area (Å²) in [6.45, 7) is 0.362. The van der Waals surface area contributed by atoms with Gasteiger partial charge in [0.2, 0.25) is 0 Å². The highest BCUT2D eigenvalue weighted by molar-refractivity contribution is 6.30. The molecule has 0 atom stereocenters. The second-order valence-electron chi connectivity index (χ2n) is 3.49. The first-order chi connectivity index (χ1) is 7.72. The fraction of sp³-hybridized carbons (Fsp3) is 0.0769. The molecule has 0 saturated carbocycles. The molecule has 2 aromatic rings. The molecule has 0 spiro atoms. The van der Waals surface area contributed by atoms with Crippen molar-refractivity contribution in [3.8, 4) is 11.1 Å². The van der Waals surface area contributed by atoms with Crippen molar-refractivity contribution < 1.29 is 4.39 Å². The maximum Gasteiger partial charge on any atom is 0.131 e. The van der Waals surface area contributed by atoms with Crippen LogP contribution in [-0.2, 0) is 6.54 Å². The standard InChI is InChI=1S/C13H11ClFN/c14-10-6-5-9(8-16)12(7-10)11-3-1-2-4-13(11)15/h1-7H,8,16H2. The lowest BCUT2D eigenvalue weighted by atomic mass is 9.99. The monoisotopic (exact) mass is 235 g/mol. The summed E-state index contributed by atoms with van der Waals surface area (Å²) < 4.78 is 13.6. The van der Waals surface area contributed by atoms with Crippen LogP contribution in [0.1, 0.15) is 5.56 Å². The SMILES string of the molecule is NCc1ccc(Cl)cc1-c1ccccc1F. The van der Waals surface area contributed by atoms with Gasteiger partial charge >= 0.3 is 0 Å². The number of halogens is 2. The van der Waals surface area contributed by atoms with Crippen LogP contribution in [0, 0.1) is 5.82 Å². The maximum absolute atomic E-state index is 13.6. The van der Waals surface area contributed by atoms with Crippen LogP contribution >= 0.6 is 11.6 Å². The highest BCUT2D eigenvalue weighted by Crippen LogP contribution is 2.28. The van der Waals surface area contributed by atoms with Gasteiger partial charge in [0, 0.05) is 17.1 Å². The van der Waals surface area contributed by atoms with Crippen LogP contribution in [0.5, 0.6) is 0 Å². The second-order valence-corrected chi connectivity index (χ2v) is 3.92. The highest BCUT2D eigenvalue weighted by Gasteiger charge is 2.08. The lowest BCUT2D eigenvalue weighted by molar-refractivity contribution is 0.631. The van der Waals surface area contributed by atoms with Gasteiger partial charge in [-0.25, -0.2) is 4.39 Å². The topological polar surface area (TPSA) is 26.0 Å². The van der Waals surface area contributed by atoms with Crippen molar-refractivity contribution in [1.29, 1.82) is 0 Å². The summed E-state index contributed by atoms with van der Waals surface area (Å²) in [5.74, 6) is -0.264. The van der Waals surface area contributed by atoms with Gasteiger partial charge in [-0.2, -0.15) is 0 Å². The van der Waals surface area contributed by atoms with Crippen molar-refractivity contribution in [1.82, 2.24) is 0 Å². The Morgan fingerprint density at radius 1 is 1.06 bits per heavy atom. The number of benzene rings is 2. The van der Waals surface area contributed by atoms with Crippen LogP contribution in [0.4, 0.5) is 4.39 Å². The Morgan fingerprint density at radius 3 is 2.50 bits per heavy atom. The average Bonchev–Trinajstić information content (AvgIpc) is 2.29. The van der Waals surface area contributed by atoms with Gasteiger partial charge in [0.1, 0.15) is 5.82 Å². The number of rotatable bonds is 2. The van der Waals surface area contributed by atoms with E-state index in [0.29, 0.717) is 17.1 Å². The van der Waals surface area contributed by atoms with E-state index < -0.39 is 0 Å². The van der Waals surface area contributed by atoms with E-state index in [1.54, 1.807) is 30.3 Å². The molecule has 82 valence electrons. The van der Waals surface area contributed by atoms with Crippen LogP contribution in [0.25, 0.3) is 11.1 Å². The maximum atomic E-state index is 13.6. The largest absolute Gasteiger partial charge is 0.326 e. The first-order valence-corrected chi connectivity index (χ1v) is 5.33. The molecular formula is C13H11ClFN. The minimum atomic E-state index is -0.264. The van der Waals surface area contributed by atoms with Gasteiger partial charge in [0.05, 0.1) is 0 Å². The number of nitrogens with two attached hydrogens (primary N) is 1. The van der Waals surface area contributed by atoms with E-state index in [-0.39, 0.29) is 5.82 Å². The zero-order valence-electron chi connectivity index (χ0n) is 8.58. The van der Waals surface area contributed by atoms with Crippen LogP contribution < -0.4 is 5.73 Å². The quantitative estimate of drug-likeness (QED) is 0.846. The van der Waals surface area contributed by atoms with E-state index >= 15 is 0 Å². The van der Waals surface area contributed by atoms with Gasteiger partial charge in [0.15, 0.2) is 0 Å². The summed E-state index contributed by atoms with van der Waals surface area (Å²) in [5.41, 5.74) is 7.80. The summed E-state index contributed by atoms with van der Waals surface area (Å²) in [4.78, 5) is 0. The van der Waals surface area contributed by atoms with Gasteiger partial charge in [-0.15, -0.1) is 0 Å². The summed E-state index contributed by atoms with van der Waals surface area (Å²) in [5, 5.41) is 0.579. The average molecular weight is 236 g/mol. The molecule has 1 nitrogen and oxygen atoms in total. The van der Waals surface area contributed by atoms with Gasteiger partial charge in [0.25, 0.3) is 0 Å². The van der Waals surface area contributed by atoms with E-state index in [1.807, 2.05) is 6.07 Å². The van der Waals surface area contributed by atoms with Crippen LogP contribution in [0.3, 0.4) is 0 Å². The summed E-state index contributed by atoms with van der Waals surface area (Å²) in [7, 11) is 0. The van der Waals surface area contributed by atoms with Crippen molar-refractivity contribution in [2.45, 2.75) is 6.54 Å². The zero-order valence-corrected chi connectivity index (χ0v) is 9.34. The third-order valence-electron chi connectivity index (χ3n) is 2.46. The van der Waals surface area contributed by atoms with E-state index in [0.717, 1.165) is 11.1 Å². The predicted octanol–water partition coefficient (Wildman–Crippen LogP) is 3.60. The lowest BCUT2D eigenvalue weighted by Gasteiger charge is -2.09. The van der Waals surface area contributed by atoms with E-state index in [2.05, 4.69) is 0 Å². The molecule has 0 aliphatic heterocycles. The normalized spacial score (nSPS) is 10.4. The molecule has 2 N–H and O–H groups in total. The van der Waals surface area contributed by atoms with Crippen LogP contribution in [-0.4, -0.2) is 0 Å². The molecule has 2 rings (SSSR count). The van der Waals surface area contributed by atoms with Crippen LogP contribution in [0.15, 0.2) is 42.5 Å². The Kier molecular flexibility index (Phi) is 3.22. The molecule has 16 heavy (non-hydrogen) atoms. The highest BCUT2D eigenvalue weighted by atomic mass is 35.5. The Bertz CT molecular complexity index is 511. The van der Waals surface area contributed by atoms with Gasteiger partial charge < -0.3 is 5.73 Å².